The van der Waals surface area contributed by atoms with Gasteiger partial charge in [0.25, 0.3) is 5.82 Å². The number of halogens is 6. The first kappa shape index (κ1) is 25.4. The molecule has 38 heavy (non-hydrogen) atoms. The zero-order chi connectivity index (χ0) is 27.3. The van der Waals surface area contributed by atoms with E-state index in [1.54, 1.807) is 9.80 Å². The van der Waals surface area contributed by atoms with E-state index < -0.39 is 32.1 Å². The summed E-state index contributed by atoms with van der Waals surface area (Å²) in [6.07, 6.45) is 1.27. The van der Waals surface area contributed by atoms with Crippen molar-refractivity contribution in [1.82, 2.24) is 34.3 Å². The Labute approximate surface area is 212 Å². The summed E-state index contributed by atoms with van der Waals surface area (Å²) >= 11 is 0. The van der Waals surface area contributed by atoms with Gasteiger partial charge in [-0.25, -0.2) is 23.4 Å². The van der Waals surface area contributed by atoms with Gasteiger partial charge in [-0.2, -0.15) is 31.4 Å². The van der Waals surface area contributed by atoms with Crippen LogP contribution in [0.2, 0.25) is 0 Å². The summed E-state index contributed by atoms with van der Waals surface area (Å²) in [6.45, 7) is 2.69. The molecule has 2 aliphatic heterocycles. The van der Waals surface area contributed by atoms with Gasteiger partial charge in [0, 0.05) is 49.8 Å². The van der Waals surface area contributed by atoms with Crippen LogP contribution in [0.1, 0.15) is 37.5 Å². The molecule has 4 aliphatic rings. The Hall–Kier alpha value is -2.85. The van der Waals surface area contributed by atoms with Gasteiger partial charge in [0.2, 0.25) is 0 Å². The molecule has 2 aromatic heterocycles. The summed E-state index contributed by atoms with van der Waals surface area (Å²) in [5.41, 5.74) is -5.23. The van der Waals surface area contributed by atoms with E-state index in [4.69, 9.17) is 4.78 Å². The third-order valence-electron chi connectivity index (χ3n) is 8.28. The van der Waals surface area contributed by atoms with Crippen LogP contribution in [0, 0.1) is 21.5 Å². The van der Waals surface area contributed by atoms with E-state index >= 15 is 0 Å². The van der Waals surface area contributed by atoms with E-state index in [-0.39, 0.29) is 28.8 Å². The quantitative estimate of drug-likeness (QED) is 0.569. The molecule has 2 aromatic rings. The number of urea groups is 1. The Kier molecular flexibility index (Phi) is 5.25. The lowest BCUT2D eigenvalue weighted by Gasteiger charge is -2.63. The van der Waals surface area contributed by atoms with E-state index in [0.29, 0.717) is 45.6 Å². The highest BCUT2D eigenvalue weighted by atomic mass is 32.2. The van der Waals surface area contributed by atoms with Crippen LogP contribution in [-0.4, -0.2) is 76.3 Å². The average molecular weight is 567 g/mol. The van der Waals surface area contributed by atoms with E-state index in [1.165, 1.54) is 9.36 Å². The van der Waals surface area contributed by atoms with Crippen LogP contribution in [0.25, 0.3) is 0 Å². The second-order valence-corrected chi connectivity index (χ2v) is 13.3. The molecule has 2 saturated carbocycles. The lowest BCUT2D eigenvalue weighted by Crippen LogP contribution is -2.71. The van der Waals surface area contributed by atoms with Gasteiger partial charge in [-0.1, -0.05) is 0 Å². The van der Waals surface area contributed by atoms with E-state index in [9.17, 15) is 35.3 Å². The molecule has 17 heteroatoms. The highest BCUT2D eigenvalue weighted by Gasteiger charge is 2.59. The topological polar surface area (TPSA) is 113 Å². The average Bonchev–Trinajstić information content (AvgIpc) is 3.35. The molecule has 208 valence electrons. The third-order valence-corrected chi connectivity index (χ3v) is 9.80. The van der Waals surface area contributed by atoms with Crippen molar-refractivity contribution in [1.29, 1.82) is 4.78 Å². The van der Waals surface area contributed by atoms with Crippen LogP contribution in [-0.2, 0) is 22.5 Å². The van der Waals surface area contributed by atoms with Gasteiger partial charge in [-0.15, -0.1) is 5.10 Å². The second kappa shape index (κ2) is 7.85. The molecular formula is C21H24F6N8O2S. The van der Waals surface area contributed by atoms with Crippen LogP contribution in [0.3, 0.4) is 0 Å². The van der Waals surface area contributed by atoms with Crippen LogP contribution >= 0.6 is 0 Å². The fraction of sp³-hybridized carbons (Fsp3) is 0.714. The Bertz CT molecular complexity index is 1350. The maximum Gasteiger partial charge on any atom is 0.483 e. The molecule has 2 amide bonds. The summed E-state index contributed by atoms with van der Waals surface area (Å²) in [6, 6.07) is -0.204. The maximum atomic E-state index is 12.8. The van der Waals surface area contributed by atoms with Crippen molar-refractivity contribution in [3.8, 4) is 0 Å². The van der Waals surface area contributed by atoms with Crippen molar-refractivity contribution >= 4 is 15.8 Å². The molecule has 1 N–H and O–H groups in total. The molecule has 1 atom stereocenters. The summed E-state index contributed by atoms with van der Waals surface area (Å²) < 4.78 is 98.0. The van der Waals surface area contributed by atoms with Gasteiger partial charge < -0.3 is 9.80 Å². The van der Waals surface area contributed by atoms with Crippen molar-refractivity contribution in [3.63, 3.8) is 0 Å². The van der Waals surface area contributed by atoms with Crippen molar-refractivity contribution in [2.75, 3.05) is 26.2 Å². The fourth-order valence-corrected chi connectivity index (χ4v) is 7.24. The van der Waals surface area contributed by atoms with Gasteiger partial charge in [0.05, 0.1) is 17.1 Å². The molecule has 1 unspecified atom stereocenters. The van der Waals surface area contributed by atoms with Crippen molar-refractivity contribution in [3.05, 3.63) is 24.5 Å². The van der Waals surface area contributed by atoms with E-state index in [2.05, 4.69) is 15.2 Å². The number of hydrogen-bond acceptors (Lipinski definition) is 6. The fourth-order valence-electron chi connectivity index (χ4n) is 6.51. The molecule has 2 spiro atoms. The first-order valence-electron chi connectivity index (χ1n) is 12.0. The largest absolute Gasteiger partial charge is 0.483 e. The lowest BCUT2D eigenvalue weighted by molar-refractivity contribution is -0.145. The Morgan fingerprint density at radius 2 is 1.61 bits per heavy atom. The van der Waals surface area contributed by atoms with Crippen molar-refractivity contribution in [2.45, 2.75) is 54.8 Å². The zero-order valence-electron chi connectivity index (χ0n) is 19.9. The minimum absolute atomic E-state index is 0.00134. The summed E-state index contributed by atoms with van der Waals surface area (Å²) in [5.74, 6) is -0.982. The molecule has 2 saturated heterocycles. The number of nitrogens with zero attached hydrogens (tertiary/aromatic N) is 7. The number of alkyl halides is 6. The van der Waals surface area contributed by atoms with Crippen LogP contribution in [0.4, 0.5) is 31.1 Å². The van der Waals surface area contributed by atoms with Crippen molar-refractivity contribution in [2.24, 2.45) is 16.7 Å². The Morgan fingerprint density at radius 3 is 2.13 bits per heavy atom. The molecule has 0 bridgehead atoms. The lowest BCUT2D eigenvalue weighted by atomic mass is 9.57. The molecule has 0 aromatic carbocycles. The molecular weight excluding hydrogens is 542 g/mol. The van der Waals surface area contributed by atoms with E-state index in [0.717, 1.165) is 31.6 Å². The number of aromatic nitrogens is 5. The molecule has 0 radical (unpaired) electrons. The normalized spacial score (nSPS) is 24.5. The summed E-state index contributed by atoms with van der Waals surface area (Å²) in [4.78, 5) is 19.0. The van der Waals surface area contributed by atoms with Crippen molar-refractivity contribution < 1.29 is 35.3 Å². The van der Waals surface area contributed by atoms with Crippen LogP contribution < -0.4 is 0 Å². The zero-order valence-corrected chi connectivity index (χ0v) is 20.7. The second-order valence-electron chi connectivity index (χ2n) is 11.3. The van der Waals surface area contributed by atoms with Gasteiger partial charge in [0.1, 0.15) is 6.33 Å². The Balaban J connectivity index is 0.931. The number of carbonyl (C=O) groups is 1. The molecule has 2 aliphatic carbocycles. The Morgan fingerprint density at radius 1 is 1.03 bits per heavy atom. The first-order chi connectivity index (χ1) is 17.6. The SMILES string of the molecule is N=S(=O)(c1cnn(CC2CC3(C2)CN(C(=O)N2CC4(CC(n5cnc(C(F)(F)F)n5)C4)C2)C3)c1)C(F)(F)F. The van der Waals surface area contributed by atoms with Gasteiger partial charge in [0.15, 0.2) is 9.73 Å². The minimum atomic E-state index is -5.16. The number of hydrogen-bond donors (Lipinski definition) is 1. The number of rotatable bonds is 4. The van der Waals surface area contributed by atoms with Gasteiger partial charge in [-0.3, -0.25) is 4.68 Å². The predicted octanol–water partition coefficient (Wildman–Crippen LogP) is 3.59. The number of carbonyl (C=O) groups excluding carboxylic acids is 1. The smallest absolute Gasteiger partial charge is 0.323 e. The maximum absolute atomic E-state index is 12.8. The monoisotopic (exact) mass is 566 g/mol. The number of nitrogens with one attached hydrogen (secondary N) is 1. The minimum Gasteiger partial charge on any atom is -0.323 e. The summed E-state index contributed by atoms with van der Waals surface area (Å²) in [7, 11) is -4.93. The molecule has 4 heterocycles. The first-order valence-corrected chi connectivity index (χ1v) is 13.5. The number of amides is 2. The van der Waals surface area contributed by atoms with Gasteiger partial charge >= 0.3 is 17.7 Å². The van der Waals surface area contributed by atoms with Crippen LogP contribution in [0.15, 0.2) is 23.6 Å². The van der Waals surface area contributed by atoms with E-state index in [1.807, 2.05) is 0 Å². The molecule has 6 rings (SSSR count). The third kappa shape index (κ3) is 4.04. The molecule has 4 fully saturated rings. The standard InChI is InChI=1S/C21H24F6N8O2S/c22-20(23,24)16-29-12-35(31-16)14-3-19(4-14)10-33(11-19)17(36)32-8-18(9-32)1-13(2-18)6-34-7-15(5-30-34)38(28,37)21(25,26)27/h5,7,12-14,28H,1-4,6,8-11H2. The predicted molar refractivity (Wildman–Crippen MR) is 117 cm³/mol. The highest BCUT2D eigenvalue weighted by molar-refractivity contribution is 7.93. The van der Waals surface area contributed by atoms with Gasteiger partial charge in [-0.05, 0) is 31.6 Å². The number of likely N-dealkylation sites (tertiary alicyclic amines) is 2. The molecule has 10 nitrogen and oxygen atoms in total. The van der Waals surface area contributed by atoms with Crippen LogP contribution in [0.5, 0.6) is 0 Å². The highest BCUT2D eigenvalue weighted by Crippen LogP contribution is 2.56. The summed E-state index contributed by atoms with van der Waals surface area (Å²) in [5, 5.41) is 7.38.